The Kier molecular flexibility index (Phi) is 6.20. The average Bonchev–Trinajstić information content (AvgIpc) is 2.58. The first-order valence-electron chi connectivity index (χ1n) is 7.21. The lowest BCUT2D eigenvalue weighted by atomic mass is 10.2. The van der Waals surface area contributed by atoms with Crippen molar-refractivity contribution in [1.29, 1.82) is 0 Å². The van der Waals surface area contributed by atoms with Crippen LogP contribution >= 0.6 is 15.9 Å². The van der Waals surface area contributed by atoms with E-state index in [1.165, 1.54) is 19.4 Å². The fourth-order valence-electron chi connectivity index (χ4n) is 1.90. The van der Waals surface area contributed by atoms with E-state index >= 15 is 0 Å². The maximum Gasteiger partial charge on any atom is 0.262 e. The van der Waals surface area contributed by atoms with Gasteiger partial charge in [-0.05, 0) is 55.0 Å². The van der Waals surface area contributed by atoms with Crippen molar-refractivity contribution in [2.75, 3.05) is 12.4 Å². The topological polar surface area (TPSA) is 83.0 Å². The van der Waals surface area contributed by atoms with Gasteiger partial charge in [-0.2, -0.15) is 5.10 Å². The Balaban J connectivity index is 1.90. The third kappa shape index (κ3) is 4.99. The maximum atomic E-state index is 12.0. The van der Waals surface area contributed by atoms with E-state index < -0.39 is 6.04 Å². The Labute approximate surface area is 148 Å². The van der Waals surface area contributed by atoms with Crippen LogP contribution in [0.1, 0.15) is 12.5 Å². The molecule has 2 rings (SSSR count). The van der Waals surface area contributed by atoms with Crippen LogP contribution in [-0.2, 0) is 4.79 Å². The number of aromatic hydroxyl groups is 1. The van der Waals surface area contributed by atoms with Crippen LogP contribution in [0.5, 0.6) is 11.5 Å². The minimum absolute atomic E-state index is 0.0472. The van der Waals surface area contributed by atoms with Gasteiger partial charge in [-0.25, -0.2) is 5.43 Å². The molecule has 0 heterocycles. The average molecular weight is 392 g/mol. The number of phenols is 1. The third-order valence-corrected chi connectivity index (χ3v) is 3.74. The van der Waals surface area contributed by atoms with E-state index in [-0.39, 0.29) is 11.7 Å². The number of rotatable bonds is 6. The first-order valence-corrected chi connectivity index (χ1v) is 8.01. The zero-order chi connectivity index (χ0) is 17.5. The molecule has 2 aromatic rings. The molecule has 24 heavy (non-hydrogen) atoms. The highest BCUT2D eigenvalue weighted by atomic mass is 79.9. The van der Waals surface area contributed by atoms with Gasteiger partial charge in [0, 0.05) is 10.2 Å². The molecule has 0 aliphatic carbocycles. The molecule has 7 heteroatoms. The second-order valence-corrected chi connectivity index (χ2v) is 5.95. The normalized spacial score (nSPS) is 12.0. The number of phenolic OH excluding ortho intramolecular Hbond substituents is 1. The minimum Gasteiger partial charge on any atom is -0.504 e. The number of nitrogens with one attached hydrogen (secondary N) is 2. The molecule has 3 N–H and O–H groups in total. The Hall–Kier alpha value is -2.54. The summed E-state index contributed by atoms with van der Waals surface area (Å²) in [6.45, 7) is 1.75. The van der Waals surface area contributed by atoms with Gasteiger partial charge in [-0.15, -0.1) is 0 Å². The summed E-state index contributed by atoms with van der Waals surface area (Å²) < 4.78 is 5.99. The number of benzene rings is 2. The molecule has 0 aromatic heterocycles. The van der Waals surface area contributed by atoms with E-state index in [2.05, 4.69) is 31.8 Å². The second-order valence-electron chi connectivity index (χ2n) is 5.04. The summed E-state index contributed by atoms with van der Waals surface area (Å²) in [6.07, 6.45) is 1.48. The molecule has 0 saturated heterocycles. The van der Waals surface area contributed by atoms with E-state index in [9.17, 15) is 9.90 Å². The molecule has 0 saturated carbocycles. The molecule has 0 fully saturated rings. The van der Waals surface area contributed by atoms with Crippen LogP contribution in [0, 0.1) is 0 Å². The second kappa shape index (κ2) is 8.35. The van der Waals surface area contributed by atoms with Crippen molar-refractivity contribution in [3.8, 4) is 11.5 Å². The number of hydrogen-bond acceptors (Lipinski definition) is 5. The highest BCUT2D eigenvalue weighted by molar-refractivity contribution is 9.10. The molecule has 0 bridgehead atoms. The highest BCUT2D eigenvalue weighted by Crippen LogP contribution is 2.25. The first kappa shape index (κ1) is 17.8. The molecular weight excluding hydrogens is 374 g/mol. The van der Waals surface area contributed by atoms with Gasteiger partial charge < -0.3 is 15.2 Å². The number of nitrogens with zero attached hydrogens (tertiary/aromatic N) is 1. The number of anilines is 1. The number of carbonyl (C=O) groups is 1. The molecule has 1 unspecified atom stereocenters. The summed E-state index contributed by atoms with van der Waals surface area (Å²) in [5, 5.41) is 16.5. The van der Waals surface area contributed by atoms with E-state index in [4.69, 9.17) is 4.74 Å². The lowest BCUT2D eigenvalue weighted by Crippen LogP contribution is -2.34. The van der Waals surface area contributed by atoms with Crippen LogP contribution in [0.15, 0.2) is 52.0 Å². The van der Waals surface area contributed by atoms with Crippen molar-refractivity contribution in [2.45, 2.75) is 13.0 Å². The largest absolute Gasteiger partial charge is 0.504 e. The van der Waals surface area contributed by atoms with Gasteiger partial charge in [0.1, 0.15) is 6.04 Å². The molecule has 1 amide bonds. The molecule has 1 atom stereocenters. The summed E-state index contributed by atoms with van der Waals surface area (Å²) >= 11 is 3.36. The summed E-state index contributed by atoms with van der Waals surface area (Å²) in [4.78, 5) is 12.0. The minimum atomic E-state index is -0.447. The molecule has 2 aromatic carbocycles. The fraction of sp³-hybridized carbons (Fsp3) is 0.176. The van der Waals surface area contributed by atoms with Crippen molar-refractivity contribution in [1.82, 2.24) is 5.43 Å². The SMILES string of the molecule is COc1cc(C=NNC(=O)C(C)Nc2ccc(Br)cc2)ccc1O. The van der Waals surface area contributed by atoms with E-state index in [1.807, 2.05) is 24.3 Å². The Morgan fingerprint density at radius 3 is 2.67 bits per heavy atom. The molecule has 6 nitrogen and oxygen atoms in total. The van der Waals surface area contributed by atoms with Crippen LogP contribution in [0.25, 0.3) is 0 Å². The predicted octanol–water partition coefficient (Wildman–Crippen LogP) is 3.11. The molecular formula is C17H18BrN3O3. The molecule has 0 radical (unpaired) electrons. The molecule has 126 valence electrons. The van der Waals surface area contributed by atoms with Gasteiger partial charge in [0.15, 0.2) is 11.5 Å². The van der Waals surface area contributed by atoms with E-state index in [0.29, 0.717) is 11.3 Å². The van der Waals surface area contributed by atoms with E-state index in [0.717, 1.165) is 10.2 Å². The van der Waals surface area contributed by atoms with Gasteiger partial charge in [0.05, 0.1) is 13.3 Å². The van der Waals surface area contributed by atoms with Crippen LogP contribution in [-0.4, -0.2) is 30.4 Å². The highest BCUT2D eigenvalue weighted by Gasteiger charge is 2.11. The van der Waals surface area contributed by atoms with Gasteiger partial charge in [0.2, 0.25) is 0 Å². The van der Waals surface area contributed by atoms with Crippen molar-refractivity contribution < 1.29 is 14.6 Å². The molecule has 0 spiro atoms. The van der Waals surface area contributed by atoms with Gasteiger partial charge >= 0.3 is 0 Å². The van der Waals surface area contributed by atoms with E-state index in [1.54, 1.807) is 19.1 Å². The zero-order valence-corrected chi connectivity index (χ0v) is 14.9. The third-order valence-electron chi connectivity index (χ3n) is 3.21. The van der Waals surface area contributed by atoms with Crippen molar-refractivity contribution >= 4 is 33.7 Å². The number of carbonyl (C=O) groups excluding carboxylic acids is 1. The quantitative estimate of drug-likeness (QED) is 0.521. The Bertz CT molecular complexity index is 732. The van der Waals surface area contributed by atoms with Crippen LogP contribution in [0.2, 0.25) is 0 Å². The lowest BCUT2D eigenvalue weighted by molar-refractivity contribution is -0.121. The van der Waals surface area contributed by atoms with Crippen LogP contribution < -0.4 is 15.5 Å². The van der Waals surface area contributed by atoms with Crippen molar-refractivity contribution in [3.05, 3.63) is 52.5 Å². The number of halogens is 1. The van der Waals surface area contributed by atoms with Gasteiger partial charge in [-0.3, -0.25) is 4.79 Å². The number of amides is 1. The van der Waals surface area contributed by atoms with Gasteiger partial charge in [-0.1, -0.05) is 15.9 Å². The van der Waals surface area contributed by atoms with Gasteiger partial charge in [0.25, 0.3) is 5.91 Å². The van der Waals surface area contributed by atoms with Crippen LogP contribution in [0.3, 0.4) is 0 Å². The number of hydrazone groups is 1. The van der Waals surface area contributed by atoms with Crippen LogP contribution in [0.4, 0.5) is 5.69 Å². The van der Waals surface area contributed by atoms with Crippen molar-refractivity contribution in [3.63, 3.8) is 0 Å². The summed E-state index contributed by atoms with van der Waals surface area (Å²) in [6, 6.07) is 11.9. The predicted molar refractivity (Wildman–Crippen MR) is 97.6 cm³/mol. The fourth-order valence-corrected chi connectivity index (χ4v) is 2.17. The Morgan fingerprint density at radius 1 is 1.29 bits per heavy atom. The summed E-state index contributed by atoms with van der Waals surface area (Å²) in [5.41, 5.74) is 4.00. The summed E-state index contributed by atoms with van der Waals surface area (Å²) in [7, 11) is 1.47. The Morgan fingerprint density at radius 2 is 2.00 bits per heavy atom. The lowest BCUT2D eigenvalue weighted by Gasteiger charge is -2.13. The number of ether oxygens (including phenoxy) is 1. The first-order chi connectivity index (χ1) is 11.5. The monoisotopic (exact) mass is 391 g/mol. The van der Waals surface area contributed by atoms with Crippen molar-refractivity contribution in [2.24, 2.45) is 5.10 Å². The molecule has 0 aliphatic rings. The smallest absolute Gasteiger partial charge is 0.262 e. The maximum absolute atomic E-state index is 12.0. The summed E-state index contributed by atoms with van der Waals surface area (Å²) in [5.74, 6) is 0.126. The molecule has 0 aliphatic heterocycles. The number of methoxy groups -OCH3 is 1. The number of hydrogen-bond donors (Lipinski definition) is 3. The zero-order valence-electron chi connectivity index (χ0n) is 13.3. The standard InChI is InChI=1S/C17H18BrN3O3/c1-11(20-14-6-4-13(18)5-7-14)17(23)21-19-10-12-3-8-15(22)16(9-12)24-2/h3-11,20,22H,1-2H3,(H,21,23).